The molecule has 0 aliphatic heterocycles. The van der Waals surface area contributed by atoms with Gasteiger partial charge in [-0.25, -0.2) is 4.98 Å². The van der Waals surface area contributed by atoms with E-state index in [0.29, 0.717) is 10.6 Å². The number of imidazole rings is 1. The molecule has 0 amide bonds. The van der Waals surface area contributed by atoms with Gasteiger partial charge in [-0.05, 0) is 42.8 Å². The number of benzene rings is 2. The number of aryl methyl sites for hydroxylation is 1. The van der Waals surface area contributed by atoms with Gasteiger partial charge in [0.15, 0.2) is 0 Å². The van der Waals surface area contributed by atoms with Crippen molar-refractivity contribution >= 4 is 34.2 Å². The molecule has 0 spiro atoms. The van der Waals surface area contributed by atoms with Gasteiger partial charge >= 0.3 is 0 Å². The summed E-state index contributed by atoms with van der Waals surface area (Å²) in [5.74, 6) is 1.01. The Kier molecular flexibility index (Phi) is 3.59. The summed E-state index contributed by atoms with van der Waals surface area (Å²) in [5, 5.41) is 9.44. The number of rotatable bonds is 2. The summed E-state index contributed by atoms with van der Waals surface area (Å²) in [6, 6.07) is 13.3. The molecular formula is C16H11Cl2N3. The molecule has 3 aromatic rings. The summed E-state index contributed by atoms with van der Waals surface area (Å²) in [6.07, 6.45) is 0. The monoisotopic (exact) mass is 315 g/mol. The first kappa shape index (κ1) is 13.9. The van der Waals surface area contributed by atoms with Crippen LogP contribution >= 0.6 is 23.2 Å². The molecule has 1 heterocycles. The van der Waals surface area contributed by atoms with Gasteiger partial charge in [-0.2, -0.15) is 5.26 Å². The van der Waals surface area contributed by atoms with Gasteiger partial charge in [0.2, 0.25) is 0 Å². The van der Waals surface area contributed by atoms with Gasteiger partial charge in [-0.1, -0.05) is 17.7 Å². The highest BCUT2D eigenvalue weighted by Gasteiger charge is 2.14. The Morgan fingerprint density at radius 3 is 2.71 bits per heavy atom. The molecule has 0 aliphatic rings. The van der Waals surface area contributed by atoms with Crippen LogP contribution in [0.15, 0.2) is 36.4 Å². The van der Waals surface area contributed by atoms with Crippen molar-refractivity contribution in [2.24, 2.45) is 0 Å². The van der Waals surface area contributed by atoms with E-state index in [1.807, 2.05) is 35.8 Å². The van der Waals surface area contributed by atoms with Gasteiger partial charge in [0, 0.05) is 0 Å². The maximum Gasteiger partial charge on any atom is 0.129 e. The first-order chi connectivity index (χ1) is 10.1. The smallest absolute Gasteiger partial charge is 0.129 e. The van der Waals surface area contributed by atoms with Crippen molar-refractivity contribution < 1.29 is 0 Å². The van der Waals surface area contributed by atoms with Gasteiger partial charge in [0.25, 0.3) is 0 Å². The molecule has 0 fully saturated rings. The fourth-order valence-corrected chi connectivity index (χ4v) is 2.80. The second kappa shape index (κ2) is 5.40. The van der Waals surface area contributed by atoms with Crippen molar-refractivity contribution in [3.8, 4) is 11.8 Å². The van der Waals surface area contributed by atoms with Gasteiger partial charge in [0.05, 0.1) is 39.3 Å². The molecule has 104 valence electrons. The number of hydrogen-bond donors (Lipinski definition) is 0. The summed E-state index contributed by atoms with van der Waals surface area (Å²) >= 11 is 12.3. The van der Waals surface area contributed by atoms with Crippen LogP contribution in [0.3, 0.4) is 0 Å². The van der Waals surface area contributed by atoms with Gasteiger partial charge in [-0.3, -0.25) is 4.57 Å². The third-order valence-electron chi connectivity index (χ3n) is 3.32. The van der Waals surface area contributed by atoms with Crippen LogP contribution in [0.4, 0.5) is 0 Å². The molecule has 1 aromatic heterocycles. The third kappa shape index (κ3) is 2.37. The Morgan fingerprint density at radius 1 is 1.24 bits per heavy atom. The predicted molar refractivity (Wildman–Crippen MR) is 85.1 cm³/mol. The van der Waals surface area contributed by atoms with Crippen LogP contribution in [0.2, 0.25) is 5.02 Å². The number of fused-ring (bicyclic) bond motifs is 1. The Morgan fingerprint density at radius 2 is 2.05 bits per heavy atom. The zero-order valence-electron chi connectivity index (χ0n) is 11.3. The van der Waals surface area contributed by atoms with Crippen molar-refractivity contribution in [1.82, 2.24) is 9.55 Å². The summed E-state index contributed by atoms with van der Waals surface area (Å²) in [7, 11) is 0. The average Bonchev–Trinajstić information content (AvgIpc) is 2.84. The molecule has 3 rings (SSSR count). The van der Waals surface area contributed by atoms with Crippen molar-refractivity contribution in [2.75, 3.05) is 0 Å². The molecule has 0 N–H and O–H groups in total. The van der Waals surface area contributed by atoms with Crippen LogP contribution in [0, 0.1) is 18.3 Å². The Bertz CT molecular complexity index is 875. The van der Waals surface area contributed by atoms with Crippen LogP contribution in [0.25, 0.3) is 16.7 Å². The predicted octanol–water partition coefficient (Wildman–Crippen LogP) is 4.60. The summed E-state index contributed by atoms with van der Waals surface area (Å²) in [5.41, 5.74) is 4.27. The molecule has 0 radical (unpaired) electrons. The lowest BCUT2D eigenvalue weighted by atomic mass is 10.2. The zero-order chi connectivity index (χ0) is 15.0. The van der Waals surface area contributed by atoms with Crippen LogP contribution in [0.1, 0.15) is 17.0 Å². The third-order valence-corrected chi connectivity index (χ3v) is 3.86. The maximum absolute atomic E-state index is 8.94. The van der Waals surface area contributed by atoms with Crippen LogP contribution < -0.4 is 0 Å². The topological polar surface area (TPSA) is 41.6 Å². The minimum absolute atomic E-state index is 0.282. The zero-order valence-corrected chi connectivity index (χ0v) is 12.8. The Balaban J connectivity index is 2.31. The molecule has 0 saturated carbocycles. The quantitative estimate of drug-likeness (QED) is 0.648. The molecule has 0 atom stereocenters. The molecule has 0 unspecified atom stereocenters. The van der Waals surface area contributed by atoms with Crippen molar-refractivity contribution in [2.45, 2.75) is 12.8 Å². The van der Waals surface area contributed by atoms with E-state index in [4.69, 9.17) is 28.5 Å². The van der Waals surface area contributed by atoms with E-state index >= 15 is 0 Å². The van der Waals surface area contributed by atoms with Gasteiger partial charge in [-0.15, -0.1) is 11.6 Å². The highest BCUT2D eigenvalue weighted by molar-refractivity contribution is 6.32. The summed E-state index contributed by atoms with van der Waals surface area (Å²) < 4.78 is 1.94. The molecule has 21 heavy (non-hydrogen) atoms. The average molecular weight is 316 g/mol. The Hall–Kier alpha value is -2.02. The highest BCUT2D eigenvalue weighted by Crippen LogP contribution is 2.28. The number of nitriles is 1. The van der Waals surface area contributed by atoms with Crippen molar-refractivity contribution in [3.05, 3.63) is 58.4 Å². The maximum atomic E-state index is 8.94. The highest BCUT2D eigenvalue weighted by atomic mass is 35.5. The second-order valence-electron chi connectivity index (χ2n) is 4.77. The van der Waals surface area contributed by atoms with E-state index in [0.717, 1.165) is 28.1 Å². The number of alkyl halides is 1. The lowest BCUT2D eigenvalue weighted by molar-refractivity contribution is 0.982. The second-order valence-corrected chi connectivity index (χ2v) is 5.44. The Labute approximate surface area is 132 Å². The van der Waals surface area contributed by atoms with E-state index in [1.165, 1.54) is 0 Å². The van der Waals surface area contributed by atoms with Crippen LogP contribution in [-0.2, 0) is 5.88 Å². The number of aromatic nitrogens is 2. The fraction of sp³-hybridized carbons (Fsp3) is 0.125. The van der Waals surface area contributed by atoms with Gasteiger partial charge in [0.1, 0.15) is 5.82 Å². The van der Waals surface area contributed by atoms with E-state index in [-0.39, 0.29) is 5.88 Å². The molecule has 0 aliphatic carbocycles. The van der Waals surface area contributed by atoms with Gasteiger partial charge < -0.3 is 0 Å². The van der Waals surface area contributed by atoms with E-state index in [1.54, 1.807) is 12.1 Å². The minimum Gasteiger partial charge on any atom is -0.294 e. The molecule has 3 nitrogen and oxygen atoms in total. The van der Waals surface area contributed by atoms with E-state index < -0.39 is 0 Å². The SMILES string of the molecule is Cc1ccc2c(c1)nc(CCl)n2-c1ccc(C#N)cc1Cl. The number of hydrogen-bond acceptors (Lipinski definition) is 2. The lowest BCUT2D eigenvalue weighted by Crippen LogP contribution is -2.00. The minimum atomic E-state index is 0.282. The van der Waals surface area contributed by atoms with Crippen molar-refractivity contribution in [3.63, 3.8) is 0 Å². The standard InChI is InChI=1S/C16H11Cl2N3/c1-10-2-4-15-13(6-10)20-16(8-17)21(15)14-5-3-11(9-19)7-12(14)18/h2-7H,8H2,1H3. The van der Waals surface area contributed by atoms with Crippen molar-refractivity contribution in [1.29, 1.82) is 5.26 Å². The summed E-state index contributed by atoms with van der Waals surface area (Å²) in [6.45, 7) is 2.02. The molecule has 0 saturated heterocycles. The normalized spacial score (nSPS) is 10.8. The number of nitrogens with zero attached hydrogens (tertiary/aromatic N) is 3. The van der Waals surface area contributed by atoms with Crippen LogP contribution in [-0.4, -0.2) is 9.55 Å². The van der Waals surface area contributed by atoms with E-state index in [2.05, 4.69) is 11.1 Å². The fourth-order valence-electron chi connectivity index (χ4n) is 2.36. The summed E-state index contributed by atoms with van der Waals surface area (Å²) in [4.78, 5) is 4.56. The van der Waals surface area contributed by atoms with E-state index in [9.17, 15) is 0 Å². The molecule has 5 heteroatoms. The lowest BCUT2D eigenvalue weighted by Gasteiger charge is -2.10. The van der Waals surface area contributed by atoms with Crippen LogP contribution in [0.5, 0.6) is 0 Å². The largest absolute Gasteiger partial charge is 0.294 e. The molecular weight excluding hydrogens is 305 g/mol. The number of halogens is 2. The first-order valence-corrected chi connectivity index (χ1v) is 7.29. The molecule has 0 bridgehead atoms. The first-order valence-electron chi connectivity index (χ1n) is 6.38. The molecule has 2 aromatic carbocycles.